The minimum atomic E-state index is -0.147. The zero-order chi connectivity index (χ0) is 13.9. The topological polar surface area (TPSA) is 38.5 Å². The zero-order valence-corrected chi connectivity index (χ0v) is 12.4. The third kappa shape index (κ3) is 3.55. The molecular formula is C16H26N2O. The lowest BCUT2D eigenvalue weighted by atomic mass is 10.0. The molecule has 0 aromatic heterocycles. The fourth-order valence-electron chi connectivity index (χ4n) is 2.68. The molecule has 0 radical (unpaired) electrons. The van der Waals surface area contributed by atoms with Crippen LogP contribution in [0.4, 0.5) is 11.4 Å². The average Bonchev–Trinajstić information content (AvgIpc) is 2.32. The molecule has 1 aromatic carbocycles. The summed E-state index contributed by atoms with van der Waals surface area (Å²) in [7, 11) is 0. The predicted octanol–water partition coefficient (Wildman–Crippen LogP) is 3.83. The van der Waals surface area contributed by atoms with Crippen LogP contribution in [0.5, 0.6) is 5.75 Å². The van der Waals surface area contributed by atoms with Crippen molar-refractivity contribution in [2.24, 2.45) is 0 Å². The van der Waals surface area contributed by atoms with E-state index in [2.05, 4.69) is 31.7 Å². The van der Waals surface area contributed by atoms with Crippen LogP contribution >= 0.6 is 0 Å². The molecule has 3 nitrogen and oxygen atoms in total. The maximum absolute atomic E-state index is 6.04. The Morgan fingerprint density at radius 3 is 2.79 bits per heavy atom. The number of anilines is 2. The summed E-state index contributed by atoms with van der Waals surface area (Å²) in [5, 5.41) is 0. The van der Waals surface area contributed by atoms with Crippen LogP contribution in [0.2, 0.25) is 0 Å². The molecule has 3 heteroatoms. The van der Waals surface area contributed by atoms with Crippen LogP contribution in [0.15, 0.2) is 18.2 Å². The quantitative estimate of drug-likeness (QED) is 0.647. The van der Waals surface area contributed by atoms with E-state index in [0.29, 0.717) is 0 Å². The Labute approximate surface area is 116 Å². The van der Waals surface area contributed by atoms with E-state index in [-0.39, 0.29) is 5.60 Å². The van der Waals surface area contributed by atoms with E-state index < -0.39 is 0 Å². The second-order valence-electron chi connectivity index (χ2n) is 6.07. The van der Waals surface area contributed by atoms with Gasteiger partial charge in [-0.05, 0) is 32.4 Å². The van der Waals surface area contributed by atoms with Crippen molar-refractivity contribution in [1.82, 2.24) is 0 Å². The van der Waals surface area contributed by atoms with Crippen LogP contribution < -0.4 is 15.4 Å². The van der Waals surface area contributed by atoms with Crippen molar-refractivity contribution in [3.8, 4) is 5.75 Å². The Balaban J connectivity index is 2.11. The second-order valence-corrected chi connectivity index (χ2v) is 6.07. The number of hydrogen-bond donors (Lipinski definition) is 1. The number of nitrogens with zero attached hydrogens (tertiary/aromatic N) is 1. The van der Waals surface area contributed by atoms with Crippen molar-refractivity contribution < 1.29 is 4.74 Å². The van der Waals surface area contributed by atoms with Crippen LogP contribution in [0.1, 0.15) is 46.5 Å². The number of fused-ring (bicyclic) bond motifs is 1. The van der Waals surface area contributed by atoms with Gasteiger partial charge in [0.1, 0.15) is 11.4 Å². The molecule has 0 saturated heterocycles. The van der Waals surface area contributed by atoms with Gasteiger partial charge < -0.3 is 15.4 Å². The number of ether oxygens (including phenoxy) is 1. The van der Waals surface area contributed by atoms with Gasteiger partial charge >= 0.3 is 0 Å². The van der Waals surface area contributed by atoms with Gasteiger partial charge in [-0.15, -0.1) is 0 Å². The highest BCUT2D eigenvalue weighted by Crippen LogP contribution is 2.38. The van der Waals surface area contributed by atoms with E-state index in [4.69, 9.17) is 10.5 Å². The van der Waals surface area contributed by atoms with Crippen LogP contribution in [-0.4, -0.2) is 18.7 Å². The largest absolute Gasteiger partial charge is 0.484 e. The lowest BCUT2D eigenvalue weighted by molar-refractivity contribution is 0.105. The van der Waals surface area contributed by atoms with Gasteiger partial charge in [-0.25, -0.2) is 0 Å². The van der Waals surface area contributed by atoms with E-state index in [0.717, 1.165) is 24.5 Å². The highest BCUT2D eigenvalue weighted by atomic mass is 16.5. The fourth-order valence-corrected chi connectivity index (χ4v) is 2.68. The monoisotopic (exact) mass is 262 g/mol. The van der Waals surface area contributed by atoms with Gasteiger partial charge in [0, 0.05) is 18.3 Å². The molecule has 2 N–H and O–H groups in total. The van der Waals surface area contributed by atoms with Crippen LogP contribution in [-0.2, 0) is 0 Å². The minimum Gasteiger partial charge on any atom is -0.484 e. The molecule has 1 aliphatic heterocycles. The number of benzene rings is 1. The van der Waals surface area contributed by atoms with Gasteiger partial charge in [-0.3, -0.25) is 0 Å². The normalized spacial score (nSPS) is 16.9. The van der Waals surface area contributed by atoms with E-state index in [1.165, 1.54) is 31.4 Å². The lowest BCUT2D eigenvalue weighted by Gasteiger charge is -2.41. The van der Waals surface area contributed by atoms with Gasteiger partial charge in [0.2, 0.25) is 0 Å². The van der Waals surface area contributed by atoms with Crippen molar-refractivity contribution in [2.45, 2.75) is 52.1 Å². The van der Waals surface area contributed by atoms with Crippen molar-refractivity contribution in [3.05, 3.63) is 18.2 Å². The number of nitrogen functional groups attached to an aromatic ring is 1. The Morgan fingerprint density at radius 2 is 2.05 bits per heavy atom. The molecule has 0 spiro atoms. The van der Waals surface area contributed by atoms with Crippen LogP contribution in [0.25, 0.3) is 0 Å². The van der Waals surface area contributed by atoms with Crippen molar-refractivity contribution >= 4 is 11.4 Å². The number of rotatable bonds is 5. The maximum Gasteiger partial charge on any atom is 0.145 e. The van der Waals surface area contributed by atoms with E-state index in [1.807, 2.05) is 12.1 Å². The molecule has 0 fully saturated rings. The van der Waals surface area contributed by atoms with Crippen molar-refractivity contribution in [2.75, 3.05) is 23.7 Å². The van der Waals surface area contributed by atoms with E-state index in [1.54, 1.807) is 0 Å². The Morgan fingerprint density at radius 1 is 1.26 bits per heavy atom. The third-order valence-electron chi connectivity index (χ3n) is 3.56. The molecule has 0 unspecified atom stereocenters. The molecule has 1 aliphatic rings. The second kappa shape index (κ2) is 5.72. The average molecular weight is 262 g/mol. The first-order valence-electron chi connectivity index (χ1n) is 7.35. The smallest absolute Gasteiger partial charge is 0.145 e. The summed E-state index contributed by atoms with van der Waals surface area (Å²) in [5.41, 5.74) is 7.66. The fraction of sp³-hybridized carbons (Fsp3) is 0.625. The maximum atomic E-state index is 6.04. The molecule has 0 aliphatic carbocycles. The van der Waals surface area contributed by atoms with Crippen LogP contribution in [0.3, 0.4) is 0 Å². The molecule has 19 heavy (non-hydrogen) atoms. The molecule has 0 atom stereocenters. The van der Waals surface area contributed by atoms with Gasteiger partial charge in [-0.1, -0.05) is 26.2 Å². The highest BCUT2D eigenvalue weighted by Gasteiger charge is 2.31. The first kappa shape index (κ1) is 14.0. The minimum absolute atomic E-state index is 0.147. The van der Waals surface area contributed by atoms with Gasteiger partial charge in [0.15, 0.2) is 0 Å². The van der Waals surface area contributed by atoms with Crippen LogP contribution in [0, 0.1) is 0 Å². The van der Waals surface area contributed by atoms with Gasteiger partial charge in [0.25, 0.3) is 0 Å². The molecule has 1 aromatic rings. The van der Waals surface area contributed by atoms with Gasteiger partial charge in [0.05, 0.1) is 12.2 Å². The summed E-state index contributed by atoms with van der Waals surface area (Å²) >= 11 is 0. The van der Waals surface area contributed by atoms with Crippen molar-refractivity contribution in [1.29, 1.82) is 0 Å². The van der Waals surface area contributed by atoms with E-state index >= 15 is 0 Å². The summed E-state index contributed by atoms with van der Waals surface area (Å²) in [4.78, 5) is 2.44. The molecule has 0 saturated carbocycles. The SMILES string of the molecule is CCCCCCN1CC(C)(C)Oc2cc(N)ccc21. The number of unbranched alkanes of at least 4 members (excludes halogenated alkanes) is 3. The highest BCUT2D eigenvalue weighted by molar-refractivity contribution is 5.65. The number of nitrogens with two attached hydrogens (primary N) is 1. The molecule has 1 heterocycles. The summed E-state index contributed by atoms with van der Waals surface area (Å²) < 4.78 is 6.04. The summed E-state index contributed by atoms with van der Waals surface area (Å²) in [6.07, 6.45) is 5.15. The van der Waals surface area contributed by atoms with Gasteiger partial charge in [-0.2, -0.15) is 0 Å². The molecule has 2 rings (SSSR count). The van der Waals surface area contributed by atoms with Crippen molar-refractivity contribution in [3.63, 3.8) is 0 Å². The first-order valence-corrected chi connectivity index (χ1v) is 7.35. The first-order chi connectivity index (χ1) is 9.02. The zero-order valence-electron chi connectivity index (χ0n) is 12.4. The Bertz CT molecular complexity index is 429. The third-order valence-corrected chi connectivity index (χ3v) is 3.56. The summed E-state index contributed by atoms with van der Waals surface area (Å²) in [5.74, 6) is 0.923. The molecular weight excluding hydrogens is 236 g/mol. The molecule has 0 amide bonds. The predicted molar refractivity (Wildman–Crippen MR) is 81.9 cm³/mol. The summed E-state index contributed by atoms with van der Waals surface area (Å²) in [6, 6.07) is 5.98. The summed E-state index contributed by atoms with van der Waals surface area (Å²) in [6.45, 7) is 8.56. The Kier molecular flexibility index (Phi) is 4.23. The Hall–Kier alpha value is -1.38. The molecule has 0 bridgehead atoms. The number of hydrogen-bond acceptors (Lipinski definition) is 3. The molecule has 106 valence electrons. The van der Waals surface area contributed by atoms with E-state index in [9.17, 15) is 0 Å². The standard InChI is InChI=1S/C16H26N2O/c1-4-5-6-7-10-18-12-16(2,3)19-15-11-13(17)8-9-14(15)18/h8-9,11H,4-7,10,12,17H2,1-3H3. The lowest BCUT2D eigenvalue weighted by Crippen LogP contribution is -2.47.